The lowest BCUT2D eigenvalue weighted by molar-refractivity contribution is 0.348. The van der Waals surface area contributed by atoms with E-state index in [1.165, 1.54) is 5.56 Å². The van der Waals surface area contributed by atoms with E-state index in [0.29, 0.717) is 6.54 Å². The number of para-hydroxylation sites is 1. The summed E-state index contributed by atoms with van der Waals surface area (Å²) in [6.07, 6.45) is 3.63. The Morgan fingerprint density at radius 3 is 2.36 bits per heavy atom. The van der Waals surface area contributed by atoms with Crippen molar-refractivity contribution >= 4 is 0 Å². The zero-order valence-corrected chi connectivity index (χ0v) is 12.2. The Kier molecular flexibility index (Phi) is 4.47. The lowest BCUT2D eigenvalue weighted by Gasteiger charge is -2.07. The van der Waals surface area contributed by atoms with Crippen LogP contribution in [0.25, 0.3) is 11.1 Å². The first-order valence-corrected chi connectivity index (χ1v) is 7.28. The van der Waals surface area contributed by atoms with E-state index in [1.54, 1.807) is 18.3 Å². The van der Waals surface area contributed by atoms with Gasteiger partial charge in [-0.1, -0.05) is 48.5 Å². The highest BCUT2D eigenvalue weighted by atomic mass is 16.3. The number of rotatable bonds is 5. The first kappa shape index (κ1) is 14.3. The minimum atomic E-state index is 0.0851. The Hall–Kier alpha value is -2.65. The highest BCUT2D eigenvalue weighted by Crippen LogP contribution is 2.19. The molecule has 0 atom stereocenters. The number of pyridine rings is 1. The van der Waals surface area contributed by atoms with E-state index in [0.717, 1.165) is 23.2 Å². The van der Waals surface area contributed by atoms with E-state index >= 15 is 0 Å². The summed E-state index contributed by atoms with van der Waals surface area (Å²) in [6.45, 7) is 1.33. The van der Waals surface area contributed by atoms with Crippen LogP contribution in [0.1, 0.15) is 11.1 Å². The molecule has 2 aromatic carbocycles. The number of benzene rings is 2. The third kappa shape index (κ3) is 3.51. The fourth-order valence-corrected chi connectivity index (χ4v) is 2.34. The molecule has 3 nitrogen and oxygen atoms in total. The van der Waals surface area contributed by atoms with Gasteiger partial charge in [-0.05, 0) is 28.8 Å². The average Bonchev–Trinajstić information content (AvgIpc) is 2.58. The van der Waals surface area contributed by atoms with E-state index in [-0.39, 0.29) is 5.75 Å². The maximum atomic E-state index is 11.6. The number of hydrogen-bond donors (Lipinski definition) is 1. The van der Waals surface area contributed by atoms with Crippen LogP contribution in [0.3, 0.4) is 0 Å². The Balaban J connectivity index is 1.59. The molecule has 3 rings (SSSR count). The second kappa shape index (κ2) is 6.87. The molecule has 0 bridgehead atoms. The quantitative estimate of drug-likeness (QED) is 0.765. The van der Waals surface area contributed by atoms with Gasteiger partial charge in [0.15, 0.2) is 5.75 Å². The monoisotopic (exact) mass is 289 g/mol. The molecule has 0 fully saturated rings. The van der Waals surface area contributed by atoms with Crippen molar-refractivity contribution in [1.29, 1.82) is 0 Å². The van der Waals surface area contributed by atoms with Gasteiger partial charge < -0.3 is 5.32 Å². The minimum Gasteiger partial charge on any atom is -0.308 e. The summed E-state index contributed by atoms with van der Waals surface area (Å²) in [6, 6.07) is 19.5. The zero-order chi connectivity index (χ0) is 15.2. The van der Waals surface area contributed by atoms with E-state index in [1.807, 2.05) is 30.5 Å². The van der Waals surface area contributed by atoms with Gasteiger partial charge in [0.2, 0.25) is 0 Å². The predicted octanol–water partition coefficient (Wildman–Crippen LogP) is 4.18. The van der Waals surface area contributed by atoms with Crippen LogP contribution in [0.2, 0.25) is 0 Å². The van der Waals surface area contributed by atoms with Crippen molar-refractivity contribution in [2.75, 3.05) is 0 Å². The Bertz CT molecular complexity index is 724. The van der Waals surface area contributed by atoms with Gasteiger partial charge in [-0.15, -0.1) is 0 Å². The lowest BCUT2D eigenvalue weighted by Crippen LogP contribution is -2.12. The molecular formula is C19H17N2O. The van der Waals surface area contributed by atoms with Crippen LogP contribution in [0, 0.1) is 0 Å². The van der Waals surface area contributed by atoms with Crippen molar-refractivity contribution in [3.05, 3.63) is 84.2 Å². The molecule has 1 heterocycles. The van der Waals surface area contributed by atoms with Crippen molar-refractivity contribution in [3.63, 3.8) is 0 Å². The van der Waals surface area contributed by atoms with Crippen molar-refractivity contribution in [1.82, 2.24) is 10.3 Å². The highest BCUT2D eigenvalue weighted by molar-refractivity contribution is 5.62. The number of nitrogens with one attached hydrogen (secondary N) is 1. The fourth-order valence-electron chi connectivity index (χ4n) is 2.34. The highest BCUT2D eigenvalue weighted by Gasteiger charge is 2.01. The first-order valence-electron chi connectivity index (χ1n) is 7.28. The van der Waals surface area contributed by atoms with Crippen LogP contribution >= 0.6 is 0 Å². The van der Waals surface area contributed by atoms with Gasteiger partial charge in [-0.25, -0.2) is 0 Å². The maximum Gasteiger partial charge on any atom is 0.183 e. The molecule has 0 spiro atoms. The minimum absolute atomic E-state index is 0.0851. The van der Waals surface area contributed by atoms with Crippen molar-refractivity contribution in [2.24, 2.45) is 0 Å². The van der Waals surface area contributed by atoms with Gasteiger partial charge in [-0.3, -0.25) is 10.1 Å². The lowest BCUT2D eigenvalue weighted by atomic mass is 10.1. The topological polar surface area (TPSA) is 44.8 Å². The predicted molar refractivity (Wildman–Crippen MR) is 86.8 cm³/mol. The first-order chi connectivity index (χ1) is 10.8. The van der Waals surface area contributed by atoms with E-state index in [9.17, 15) is 5.11 Å². The van der Waals surface area contributed by atoms with E-state index in [4.69, 9.17) is 0 Å². The summed E-state index contributed by atoms with van der Waals surface area (Å²) in [5.41, 5.74) is 4.26. The van der Waals surface area contributed by atoms with Gasteiger partial charge >= 0.3 is 0 Å². The third-order valence-electron chi connectivity index (χ3n) is 3.57. The molecule has 0 aliphatic heterocycles. The number of nitrogens with zero attached hydrogens (tertiary/aromatic N) is 1. The van der Waals surface area contributed by atoms with Crippen LogP contribution in [0.15, 0.2) is 73.1 Å². The Morgan fingerprint density at radius 2 is 1.64 bits per heavy atom. The van der Waals surface area contributed by atoms with Gasteiger partial charge in [0.1, 0.15) is 0 Å². The smallest absolute Gasteiger partial charge is 0.183 e. The van der Waals surface area contributed by atoms with Crippen LogP contribution in [-0.2, 0) is 18.2 Å². The largest absolute Gasteiger partial charge is 0.308 e. The molecule has 1 N–H and O–H groups in total. The fraction of sp³-hybridized carbons (Fsp3) is 0.105. The van der Waals surface area contributed by atoms with Crippen molar-refractivity contribution < 1.29 is 5.11 Å². The summed E-state index contributed by atoms with van der Waals surface area (Å²) >= 11 is 0. The molecule has 0 saturated carbocycles. The molecule has 22 heavy (non-hydrogen) atoms. The van der Waals surface area contributed by atoms with Gasteiger partial charge in [0.25, 0.3) is 0 Å². The summed E-state index contributed by atoms with van der Waals surface area (Å²) in [5, 5.41) is 14.9. The van der Waals surface area contributed by atoms with Gasteiger partial charge in [0, 0.05) is 31.0 Å². The molecular weight excluding hydrogens is 272 g/mol. The maximum absolute atomic E-state index is 11.6. The van der Waals surface area contributed by atoms with Gasteiger partial charge in [0.05, 0.1) is 0 Å². The summed E-state index contributed by atoms with van der Waals surface area (Å²) in [4.78, 5) is 4.13. The molecule has 0 aliphatic rings. The Morgan fingerprint density at radius 1 is 0.818 bits per heavy atom. The molecule has 1 radical (unpaired) electrons. The molecule has 3 heteroatoms. The van der Waals surface area contributed by atoms with Crippen LogP contribution in [0.4, 0.5) is 0 Å². The molecule has 0 saturated heterocycles. The second-order valence-electron chi connectivity index (χ2n) is 5.15. The van der Waals surface area contributed by atoms with Crippen LogP contribution in [-0.4, -0.2) is 4.98 Å². The summed E-state index contributed by atoms with van der Waals surface area (Å²) in [5.74, 6) is 0.0851. The molecule has 0 aliphatic carbocycles. The SMILES string of the molecule is [O]c1ccccc1CNCc1ccc(-c2cccnc2)cc1. The number of aromatic nitrogens is 1. The third-order valence-corrected chi connectivity index (χ3v) is 3.57. The van der Waals surface area contributed by atoms with Crippen molar-refractivity contribution in [2.45, 2.75) is 13.1 Å². The van der Waals surface area contributed by atoms with Gasteiger partial charge in [-0.2, -0.15) is 0 Å². The molecule has 3 aromatic rings. The van der Waals surface area contributed by atoms with Crippen LogP contribution in [0.5, 0.6) is 5.75 Å². The van der Waals surface area contributed by atoms with E-state index < -0.39 is 0 Å². The normalized spacial score (nSPS) is 10.5. The molecule has 109 valence electrons. The summed E-state index contributed by atoms with van der Waals surface area (Å²) < 4.78 is 0. The standard InChI is InChI=1S/C19H17N2O/c22-19-6-2-1-4-18(19)14-21-12-15-7-9-16(10-8-15)17-5-3-11-20-13-17/h1-11,13,21H,12,14H2. The Labute approximate surface area is 130 Å². The molecule has 1 aromatic heterocycles. The second-order valence-corrected chi connectivity index (χ2v) is 5.15. The molecule has 0 amide bonds. The van der Waals surface area contributed by atoms with E-state index in [2.05, 4.69) is 34.6 Å². The van der Waals surface area contributed by atoms with Crippen molar-refractivity contribution in [3.8, 4) is 16.9 Å². The molecule has 0 unspecified atom stereocenters. The summed E-state index contributed by atoms with van der Waals surface area (Å²) in [7, 11) is 0. The number of hydrogen-bond acceptors (Lipinski definition) is 2. The average molecular weight is 289 g/mol. The zero-order valence-electron chi connectivity index (χ0n) is 12.2. The van der Waals surface area contributed by atoms with Crippen LogP contribution < -0.4 is 5.32 Å².